The first kappa shape index (κ1) is 15.5. The number of carbonyl (C=O) groups excluding carboxylic acids is 2. The van der Waals surface area contributed by atoms with Gasteiger partial charge in [-0.2, -0.15) is 13.2 Å². The van der Waals surface area contributed by atoms with Crippen molar-refractivity contribution in [2.24, 2.45) is 0 Å². The molecule has 8 heteroatoms. The first-order chi connectivity index (χ1) is 9.38. The van der Waals surface area contributed by atoms with Crippen molar-refractivity contribution in [1.29, 1.82) is 0 Å². The molecule has 2 rings (SSSR count). The molecule has 0 radical (unpaired) electrons. The van der Waals surface area contributed by atoms with E-state index in [0.717, 1.165) is 12.8 Å². The third kappa shape index (κ3) is 3.80. The van der Waals surface area contributed by atoms with Crippen LogP contribution < -0.4 is 0 Å². The Morgan fingerprint density at radius 3 is 2.65 bits per heavy atom. The molecule has 0 N–H and O–H groups in total. The summed E-state index contributed by atoms with van der Waals surface area (Å²) in [5.41, 5.74) is -4.28. The van der Waals surface area contributed by atoms with Crippen molar-refractivity contribution < 1.29 is 22.8 Å². The van der Waals surface area contributed by atoms with Crippen molar-refractivity contribution in [3.05, 3.63) is 0 Å². The lowest BCUT2D eigenvalue weighted by atomic mass is 10.0. The Kier molecular flexibility index (Phi) is 4.82. The van der Waals surface area contributed by atoms with Gasteiger partial charge in [-0.1, -0.05) is 0 Å². The van der Waals surface area contributed by atoms with E-state index < -0.39 is 11.6 Å². The van der Waals surface area contributed by atoms with Gasteiger partial charge in [0.1, 0.15) is 6.04 Å². The third-order valence-electron chi connectivity index (χ3n) is 3.64. The van der Waals surface area contributed by atoms with Crippen LogP contribution in [0.4, 0.5) is 13.2 Å². The second-order valence-corrected chi connectivity index (χ2v) is 6.13. The lowest BCUT2D eigenvalue weighted by Gasteiger charge is -2.34. The summed E-state index contributed by atoms with van der Waals surface area (Å²) in [6, 6.07) is -0.463. The summed E-state index contributed by atoms with van der Waals surface area (Å²) in [4.78, 5) is 27.3. The summed E-state index contributed by atoms with van der Waals surface area (Å²) in [5, 5.41) is 0. The number of carbonyl (C=O) groups is 2. The average Bonchev–Trinajstić information content (AvgIpc) is 2.50. The zero-order chi connectivity index (χ0) is 14.8. The number of fused-ring (bicyclic) bond motifs is 1. The molecule has 0 spiro atoms. The Morgan fingerprint density at radius 2 is 1.95 bits per heavy atom. The molecule has 4 nitrogen and oxygen atoms in total. The van der Waals surface area contributed by atoms with Gasteiger partial charge in [-0.15, -0.1) is 0 Å². The van der Waals surface area contributed by atoms with Crippen LogP contribution in [0.25, 0.3) is 0 Å². The molecule has 1 atom stereocenters. The summed E-state index contributed by atoms with van der Waals surface area (Å²) in [7, 11) is 0. The van der Waals surface area contributed by atoms with E-state index in [1.807, 2.05) is 0 Å². The number of nitrogens with zero attached hydrogens (tertiary/aromatic N) is 2. The quantitative estimate of drug-likeness (QED) is 0.799. The van der Waals surface area contributed by atoms with Gasteiger partial charge < -0.3 is 9.80 Å². The lowest BCUT2D eigenvalue weighted by molar-refractivity contribution is -0.143. The zero-order valence-corrected chi connectivity index (χ0v) is 11.8. The zero-order valence-electron chi connectivity index (χ0n) is 11.0. The van der Waals surface area contributed by atoms with E-state index in [2.05, 4.69) is 0 Å². The summed E-state index contributed by atoms with van der Waals surface area (Å²) >= 11 is -0.126. The van der Waals surface area contributed by atoms with Crippen molar-refractivity contribution >= 4 is 23.6 Å². The van der Waals surface area contributed by atoms with Gasteiger partial charge in [-0.05, 0) is 31.0 Å². The van der Waals surface area contributed by atoms with Crippen LogP contribution in [0.15, 0.2) is 0 Å². The summed E-state index contributed by atoms with van der Waals surface area (Å²) in [6.45, 7) is 0.851. The van der Waals surface area contributed by atoms with Gasteiger partial charge in [0.05, 0.1) is 0 Å². The number of amides is 2. The van der Waals surface area contributed by atoms with Crippen LogP contribution in [0.2, 0.25) is 0 Å². The number of rotatable bonds is 3. The van der Waals surface area contributed by atoms with Gasteiger partial charge >= 0.3 is 5.51 Å². The van der Waals surface area contributed by atoms with Crippen molar-refractivity contribution in [2.75, 3.05) is 25.4 Å². The minimum absolute atomic E-state index is 0.0423. The minimum atomic E-state index is -4.28. The van der Waals surface area contributed by atoms with Gasteiger partial charge in [-0.3, -0.25) is 9.59 Å². The normalized spacial score (nSPS) is 24.6. The molecule has 0 saturated carbocycles. The molecule has 2 fully saturated rings. The SMILES string of the molecule is O=C1C2CCCCN2C(=O)CCN1CCSC(F)(F)F. The van der Waals surface area contributed by atoms with Crippen LogP contribution in [-0.4, -0.2) is 58.6 Å². The molecule has 1 unspecified atom stereocenters. The van der Waals surface area contributed by atoms with Crippen molar-refractivity contribution in [3.8, 4) is 0 Å². The van der Waals surface area contributed by atoms with Crippen LogP contribution in [0.1, 0.15) is 25.7 Å². The van der Waals surface area contributed by atoms with E-state index in [9.17, 15) is 22.8 Å². The van der Waals surface area contributed by atoms with Gasteiger partial charge in [-0.25, -0.2) is 0 Å². The fourth-order valence-electron chi connectivity index (χ4n) is 2.68. The fourth-order valence-corrected chi connectivity index (χ4v) is 3.22. The smallest absolute Gasteiger partial charge is 0.340 e. The molecule has 0 aromatic carbocycles. The molecule has 2 aliphatic heterocycles. The van der Waals surface area contributed by atoms with E-state index in [1.54, 1.807) is 4.90 Å². The summed E-state index contributed by atoms with van der Waals surface area (Å²) < 4.78 is 36.3. The van der Waals surface area contributed by atoms with E-state index >= 15 is 0 Å². The van der Waals surface area contributed by atoms with E-state index in [1.165, 1.54) is 4.90 Å². The third-order valence-corrected chi connectivity index (χ3v) is 4.36. The molecule has 0 bridgehead atoms. The number of alkyl halides is 3. The Balaban J connectivity index is 1.96. The van der Waals surface area contributed by atoms with Gasteiger partial charge in [0, 0.05) is 31.8 Å². The van der Waals surface area contributed by atoms with Crippen LogP contribution in [0, 0.1) is 0 Å². The van der Waals surface area contributed by atoms with E-state index in [-0.39, 0.29) is 48.8 Å². The minimum Gasteiger partial charge on any atom is -0.340 e. The molecule has 20 heavy (non-hydrogen) atoms. The molecule has 0 aromatic rings. The van der Waals surface area contributed by atoms with Crippen molar-refractivity contribution in [1.82, 2.24) is 9.80 Å². The largest absolute Gasteiger partial charge is 0.441 e. The van der Waals surface area contributed by atoms with Gasteiger partial charge in [0.25, 0.3) is 0 Å². The fraction of sp³-hybridized carbons (Fsp3) is 0.833. The molecule has 0 aromatic heterocycles. The number of thioether (sulfide) groups is 1. The molecular weight excluding hydrogens is 293 g/mol. The average molecular weight is 310 g/mol. The highest BCUT2D eigenvalue weighted by molar-refractivity contribution is 8.00. The number of hydrogen-bond donors (Lipinski definition) is 0. The first-order valence-electron chi connectivity index (χ1n) is 6.67. The van der Waals surface area contributed by atoms with Crippen LogP contribution in [0.3, 0.4) is 0 Å². The summed E-state index contributed by atoms with van der Waals surface area (Å²) in [5.74, 6) is -0.441. The summed E-state index contributed by atoms with van der Waals surface area (Å²) in [6.07, 6.45) is 2.59. The number of halogens is 3. The number of hydrogen-bond acceptors (Lipinski definition) is 3. The lowest BCUT2D eigenvalue weighted by Crippen LogP contribution is -2.50. The van der Waals surface area contributed by atoms with Crippen LogP contribution in [-0.2, 0) is 9.59 Å². The van der Waals surface area contributed by atoms with Gasteiger partial charge in [0.2, 0.25) is 11.8 Å². The number of piperidine rings is 1. The highest BCUT2D eigenvalue weighted by Gasteiger charge is 2.38. The maximum absolute atomic E-state index is 12.3. The second kappa shape index (κ2) is 6.24. The Bertz CT molecular complexity index is 389. The van der Waals surface area contributed by atoms with Crippen molar-refractivity contribution in [3.63, 3.8) is 0 Å². The maximum Gasteiger partial charge on any atom is 0.441 e. The van der Waals surface area contributed by atoms with Crippen LogP contribution >= 0.6 is 11.8 Å². The molecule has 2 amide bonds. The van der Waals surface area contributed by atoms with Crippen molar-refractivity contribution in [2.45, 2.75) is 37.2 Å². The van der Waals surface area contributed by atoms with Crippen LogP contribution in [0.5, 0.6) is 0 Å². The van der Waals surface area contributed by atoms with Gasteiger partial charge in [0.15, 0.2) is 0 Å². The maximum atomic E-state index is 12.3. The molecule has 2 heterocycles. The molecule has 0 aliphatic carbocycles. The second-order valence-electron chi connectivity index (χ2n) is 4.97. The Hall–Kier alpha value is -0.920. The van der Waals surface area contributed by atoms with E-state index in [4.69, 9.17) is 0 Å². The predicted molar refractivity (Wildman–Crippen MR) is 69.1 cm³/mol. The first-order valence-corrected chi connectivity index (χ1v) is 7.66. The molecular formula is C12H17F3N2O2S. The monoisotopic (exact) mass is 310 g/mol. The molecule has 114 valence electrons. The Morgan fingerprint density at radius 1 is 1.20 bits per heavy atom. The highest BCUT2D eigenvalue weighted by Crippen LogP contribution is 2.30. The Labute approximate surface area is 119 Å². The topological polar surface area (TPSA) is 40.6 Å². The molecule has 2 saturated heterocycles. The predicted octanol–water partition coefficient (Wildman–Crippen LogP) is 1.85. The highest BCUT2D eigenvalue weighted by atomic mass is 32.2. The standard InChI is InChI=1S/C12H17F3N2O2S/c13-12(14,15)20-8-7-16-6-4-10(18)17-5-2-1-3-9(17)11(16)19/h9H,1-8H2. The van der Waals surface area contributed by atoms with E-state index in [0.29, 0.717) is 13.0 Å². The molecule has 2 aliphatic rings.